The van der Waals surface area contributed by atoms with Gasteiger partial charge in [0.15, 0.2) is 11.6 Å². The summed E-state index contributed by atoms with van der Waals surface area (Å²) < 4.78 is -0.637. The van der Waals surface area contributed by atoms with Gasteiger partial charge in [-0.05, 0) is 37.8 Å². The van der Waals surface area contributed by atoms with Crippen molar-refractivity contribution >= 4 is 54.6 Å². The number of alkyl halides is 2. The number of Topliss-reactive ketones (excluding diaryl/α,β-unsaturated/α-hetero) is 2. The predicted octanol–water partition coefficient (Wildman–Crippen LogP) is 6.15. The molecule has 0 aliphatic heterocycles. The van der Waals surface area contributed by atoms with Crippen LogP contribution in [0.4, 0.5) is 0 Å². The molecule has 0 saturated carbocycles. The fourth-order valence-corrected chi connectivity index (χ4v) is 4.81. The molecular weight excluding hydrogens is 480 g/mol. The van der Waals surface area contributed by atoms with Crippen LogP contribution in [0.15, 0.2) is 71.8 Å². The van der Waals surface area contributed by atoms with E-state index in [0.717, 1.165) is 11.1 Å². The predicted molar refractivity (Wildman–Crippen MR) is 121 cm³/mol. The van der Waals surface area contributed by atoms with E-state index in [0.29, 0.717) is 35.1 Å². The summed E-state index contributed by atoms with van der Waals surface area (Å²) in [5.74, 6) is -0.0679. The lowest BCUT2D eigenvalue weighted by Crippen LogP contribution is -2.46. The Hall–Kier alpha value is -1.78. The first-order valence-corrected chi connectivity index (χ1v) is 10.9. The molecule has 0 aromatic heterocycles. The lowest BCUT2D eigenvalue weighted by molar-refractivity contribution is -0.114. The lowest BCUT2D eigenvalue weighted by atomic mass is 9.68. The number of carbonyl (C=O) groups excluding carboxylic acids is 2. The van der Waals surface area contributed by atoms with E-state index in [1.807, 2.05) is 60.7 Å². The largest absolute Gasteiger partial charge is 0.289 e. The molecule has 0 heterocycles. The highest BCUT2D eigenvalue weighted by atomic mass is 79.9. The fraction of sp³-hybridized carbons (Fsp3) is 0.250. The van der Waals surface area contributed by atoms with Gasteiger partial charge in [-0.1, -0.05) is 92.5 Å². The summed E-state index contributed by atoms with van der Waals surface area (Å²) >= 11 is 7.60. The molecule has 0 N–H and O–H groups in total. The Balaban J connectivity index is 1.96. The monoisotopic (exact) mass is 498 g/mol. The standard InChI is InChI=1S/C24H20Br2O2/c1-23(25)13-17-18(14-24(23,2)26)22(28)20(16-11-7-4-8-12-16)19(21(17)27)15-9-5-3-6-10-15/h3-12H,13-14H2,1-2H3/t23-,24-/m0/s1. The molecule has 2 aromatic carbocycles. The van der Waals surface area contributed by atoms with E-state index >= 15 is 0 Å². The zero-order chi connectivity index (χ0) is 20.1. The van der Waals surface area contributed by atoms with Crippen molar-refractivity contribution in [2.24, 2.45) is 0 Å². The van der Waals surface area contributed by atoms with Gasteiger partial charge in [0.05, 0.1) is 0 Å². The molecule has 142 valence electrons. The first-order valence-electron chi connectivity index (χ1n) is 9.27. The SMILES string of the molecule is C[C@]1(Br)CC2=C(C[C@]1(C)Br)C(=O)C(c1ccccc1)=C(c1ccccc1)C2=O. The Morgan fingerprint density at radius 1 is 0.643 bits per heavy atom. The maximum atomic E-state index is 13.7. The molecule has 2 aromatic rings. The minimum Gasteiger partial charge on any atom is -0.289 e. The molecule has 2 aliphatic rings. The van der Waals surface area contributed by atoms with Crippen LogP contribution in [-0.2, 0) is 9.59 Å². The van der Waals surface area contributed by atoms with Gasteiger partial charge in [0.25, 0.3) is 0 Å². The average molecular weight is 500 g/mol. The van der Waals surface area contributed by atoms with E-state index in [4.69, 9.17) is 0 Å². The molecule has 0 bridgehead atoms. The zero-order valence-electron chi connectivity index (χ0n) is 15.8. The van der Waals surface area contributed by atoms with Crippen LogP contribution in [0.3, 0.4) is 0 Å². The highest BCUT2D eigenvalue weighted by Gasteiger charge is 2.50. The van der Waals surface area contributed by atoms with Crippen LogP contribution < -0.4 is 0 Å². The number of halogens is 2. The van der Waals surface area contributed by atoms with Gasteiger partial charge in [-0.3, -0.25) is 9.59 Å². The first-order chi connectivity index (χ1) is 13.2. The number of rotatable bonds is 2. The number of hydrogen-bond donors (Lipinski definition) is 0. The molecule has 0 saturated heterocycles. The van der Waals surface area contributed by atoms with Crippen molar-refractivity contribution in [1.29, 1.82) is 0 Å². The zero-order valence-corrected chi connectivity index (χ0v) is 18.9. The Morgan fingerprint density at radius 2 is 0.964 bits per heavy atom. The minimum absolute atomic E-state index is 0.0340. The van der Waals surface area contributed by atoms with E-state index in [1.54, 1.807) is 0 Å². The molecule has 0 radical (unpaired) electrons. The van der Waals surface area contributed by atoms with E-state index in [9.17, 15) is 9.59 Å². The Labute approximate surface area is 182 Å². The van der Waals surface area contributed by atoms with E-state index in [1.165, 1.54) is 0 Å². The van der Waals surface area contributed by atoms with Crippen LogP contribution in [0.2, 0.25) is 0 Å². The van der Waals surface area contributed by atoms with E-state index < -0.39 is 0 Å². The highest BCUT2D eigenvalue weighted by Crippen LogP contribution is 2.54. The van der Waals surface area contributed by atoms with Crippen molar-refractivity contribution in [1.82, 2.24) is 0 Å². The van der Waals surface area contributed by atoms with Crippen LogP contribution in [0.1, 0.15) is 37.8 Å². The highest BCUT2D eigenvalue weighted by molar-refractivity contribution is 9.13. The normalized spacial score (nSPS) is 27.9. The van der Waals surface area contributed by atoms with Crippen LogP contribution in [0, 0.1) is 0 Å². The van der Waals surface area contributed by atoms with Crippen LogP contribution in [0.25, 0.3) is 11.1 Å². The van der Waals surface area contributed by atoms with Crippen LogP contribution >= 0.6 is 31.9 Å². The molecule has 0 spiro atoms. The van der Waals surface area contributed by atoms with Crippen molar-refractivity contribution in [3.8, 4) is 0 Å². The average Bonchev–Trinajstić information content (AvgIpc) is 2.67. The summed E-state index contributed by atoms with van der Waals surface area (Å²) in [6.45, 7) is 4.14. The number of benzene rings is 2. The molecule has 4 rings (SSSR count). The topological polar surface area (TPSA) is 34.1 Å². The third-order valence-corrected chi connectivity index (χ3v) is 8.69. The van der Waals surface area contributed by atoms with E-state index in [2.05, 4.69) is 45.7 Å². The molecule has 4 heteroatoms. The summed E-state index contributed by atoms with van der Waals surface area (Å²) in [6, 6.07) is 19.0. The molecular formula is C24H20Br2O2. The van der Waals surface area contributed by atoms with Gasteiger partial charge >= 0.3 is 0 Å². The van der Waals surface area contributed by atoms with Gasteiger partial charge in [-0.15, -0.1) is 0 Å². The summed E-state index contributed by atoms with van der Waals surface area (Å²) in [4.78, 5) is 27.4. The van der Waals surface area contributed by atoms with Crippen molar-refractivity contribution < 1.29 is 9.59 Å². The quantitative estimate of drug-likeness (QED) is 0.367. The number of allylic oxidation sites excluding steroid dienone is 4. The molecule has 2 atom stereocenters. The lowest BCUT2D eigenvalue weighted by Gasteiger charge is -2.44. The van der Waals surface area contributed by atoms with Crippen molar-refractivity contribution in [3.05, 3.63) is 82.9 Å². The maximum absolute atomic E-state index is 13.7. The summed E-state index contributed by atoms with van der Waals surface area (Å²) in [5, 5.41) is 0. The van der Waals surface area contributed by atoms with Crippen molar-refractivity contribution in [3.63, 3.8) is 0 Å². The number of ketones is 2. The number of hydrogen-bond acceptors (Lipinski definition) is 2. The smallest absolute Gasteiger partial charge is 0.190 e. The second-order valence-corrected chi connectivity index (χ2v) is 11.3. The van der Waals surface area contributed by atoms with Gasteiger partial charge < -0.3 is 0 Å². The molecule has 2 aliphatic carbocycles. The fourth-order valence-electron chi connectivity index (χ4n) is 3.97. The van der Waals surface area contributed by atoms with Crippen LogP contribution in [-0.4, -0.2) is 20.2 Å². The Morgan fingerprint density at radius 3 is 1.29 bits per heavy atom. The number of carbonyl (C=O) groups is 2. The first kappa shape index (κ1) is 19.5. The molecule has 0 amide bonds. The summed E-state index contributed by atoms with van der Waals surface area (Å²) in [7, 11) is 0. The Kier molecular flexibility index (Phi) is 4.83. The van der Waals surface area contributed by atoms with Gasteiger partial charge in [-0.25, -0.2) is 0 Å². The molecule has 0 fully saturated rings. The third-order valence-electron chi connectivity index (χ3n) is 5.85. The molecule has 28 heavy (non-hydrogen) atoms. The second-order valence-electron chi connectivity index (χ2n) is 7.85. The summed E-state index contributed by atoms with van der Waals surface area (Å²) in [5.41, 5.74) is 3.87. The van der Waals surface area contributed by atoms with Crippen LogP contribution in [0.5, 0.6) is 0 Å². The molecule has 2 nitrogen and oxygen atoms in total. The van der Waals surface area contributed by atoms with Gasteiger partial charge in [0, 0.05) is 30.9 Å². The molecule has 0 unspecified atom stereocenters. The second kappa shape index (κ2) is 6.93. The van der Waals surface area contributed by atoms with Gasteiger partial charge in [0.1, 0.15) is 0 Å². The van der Waals surface area contributed by atoms with Crippen molar-refractivity contribution in [2.75, 3.05) is 0 Å². The Bertz CT molecular complexity index is 945. The van der Waals surface area contributed by atoms with E-state index in [-0.39, 0.29) is 20.2 Å². The maximum Gasteiger partial charge on any atom is 0.190 e. The minimum atomic E-state index is -0.319. The third kappa shape index (κ3) is 3.07. The van der Waals surface area contributed by atoms with Crippen molar-refractivity contribution in [2.45, 2.75) is 35.3 Å². The van der Waals surface area contributed by atoms with Gasteiger partial charge in [-0.2, -0.15) is 0 Å². The van der Waals surface area contributed by atoms with Gasteiger partial charge in [0.2, 0.25) is 0 Å². The summed E-state index contributed by atoms with van der Waals surface area (Å²) in [6.07, 6.45) is 1.01.